The summed E-state index contributed by atoms with van der Waals surface area (Å²) in [6.07, 6.45) is 0.972. The fraction of sp³-hybridized carbons (Fsp3) is 0.889. The van der Waals surface area contributed by atoms with Crippen LogP contribution in [-0.2, 0) is 9.57 Å². The van der Waals surface area contributed by atoms with Gasteiger partial charge < -0.3 is 9.57 Å². The molecule has 2 atom stereocenters. The van der Waals surface area contributed by atoms with Gasteiger partial charge in [0.2, 0.25) is 6.29 Å². The van der Waals surface area contributed by atoms with E-state index >= 15 is 0 Å². The van der Waals surface area contributed by atoms with Crippen molar-refractivity contribution in [3.63, 3.8) is 0 Å². The predicted molar refractivity (Wildman–Crippen MR) is 45.8 cm³/mol. The van der Waals surface area contributed by atoms with Crippen molar-refractivity contribution in [3.8, 4) is 0 Å². The van der Waals surface area contributed by atoms with Gasteiger partial charge in [0, 0.05) is 5.41 Å². The molecule has 0 N–H and O–H groups in total. The molecule has 0 saturated carbocycles. The maximum absolute atomic E-state index is 5.37. The van der Waals surface area contributed by atoms with Crippen molar-refractivity contribution in [1.29, 1.82) is 0 Å². The van der Waals surface area contributed by atoms with Crippen molar-refractivity contribution in [2.45, 2.75) is 33.5 Å². The lowest BCUT2D eigenvalue weighted by atomic mass is 9.82. The predicted octanol–water partition coefficient (Wildman–Crippen LogP) is 1.78. The molecule has 1 fully saturated rings. The third-order valence-corrected chi connectivity index (χ3v) is 2.41. The van der Waals surface area contributed by atoms with Crippen molar-refractivity contribution in [2.24, 2.45) is 16.5 Å². The van der Waals surface area contributed by atoms with E-state index in [2.05, 4.69) is 25.9 Å². The van der Waals surface area contributed by atoms with Crippen LogP contribution in [0.25, 0.3) is 0 Å². The second-order valence-electron chi connectivity index (χ2n) is 4.47. The van der Waals surface area contributed by atoms with Crippen LogP contribution in [0.3, 0.4) is 0 Å². The third-order valence-electron chi connectivity index (χ3n) is 2.41. The van der Waals surface area contributed by atoms with Crippen LogP contribution in [0, 0.1) is 11.3 Å². The lowest BCUT2D eigenvalue weighted by molar-refractivity contribution is -0.106. The Bertz CT molecular complexity index is 217. The zero-order valence-corrected chi connectivity index (χ0v) is 7.83. The Kier molecular flexibility index (Phi) is 1.65. The van der Waals surface area contributed by atoms with Crippen molar-refractivity contribution in [3.05, 3.63) is 0 Å². The van der Waals surface area contributed by atoms with Gasteiger partial charge in [0.1, 0.15) is 0 Å². The van der Waals surface area contributed by atoms with E-state index in [-0.39, 0.29) is 11.7 Å². The summed E-state index contributed by atoms with van der Waals surface area (Å²) in [4.78, 5) is 5.18. The molecule has 0 aliphatic carbocycles. The molecule has 3 heteroatoms. The molecule has 0 aromatic rings. The summed E-state index contributed by atoms with van der Waals surface area (Å²) in [7, 11) is 0. The quantitative estimate of drug-likeness (QED) is 0.553. The van der Waals surface area contributed by atoms with Crippen LogP contribution in [0.1, 0.15) is 27.2 Å². The van der Waals surface area contributed by atoms with Crippen LogP contribution in [0.4, 0.5) is 0 Å². The maximum atomic E-state index is 5.37. The van der Waals surface area contributed by atoms with Crippen LogP contribution in [0.2, 0.25) is 0 Å². The molecular formula is C9H15NO2. The van der Waals surface area contributed by atoms with Gasteiger partial charge in [0.15, 0.2) is 0 Å². The van der Waals surface area contributed by atoms with Crippen LogP contribution < -0.4 is 0 Å². The molecule has 2 rings (SSSR count). The number of oxime groups is 1. The summed E-state index contributed by atoms with van der Waals surface area (Å²) in [5, 5.41) is 4.08. The molecule has 2 unspecified atom stereocenters. The van der Waals surface area contributed by atoms with Crippen molar-refractivity contribution in [2.75, 3.05) is 6.61 Å². The second-order valence-corrected chi connectivity index (χ2v) is 4.47. The van der Waals surface area contributed by atoms with Gasteiger partial charge in [-0.05, 0) is 6.42 Å². The van der Waals surface area contributed by atoms with Gasteiger partial charge in [-0.25, -0.2) is 0 Å². The molecule has 68 valence electrons. The smallest absolute Gasteiger partial charge is 0.235 e. The molecular weight excluding hydrogens is 154 g/mol. The van der Waals surface area contributed by atoms with Gasteiger partial charge in [-0.15, -0.1) is 0 Å². The molecule has 0 aromatic heterocycles. The molecule has 0 bridgehead atoms. The lowest BCUT2D eigenvalue weighted by Crippen LogP contribution is -2.28. The van der Waals surface area contributed by atoms with Crippen LogP contribution >= 0.6 is 0 Å². The monoisotopic (exact) mass is 169 g/mol. The van der Waals surface area contributed by atoms with Gasteiger partial charge in [-0.2, -0.15) is 0 Å². The van der Waals surface area contributed by atoms with Gasteiger partial charge in [0.05, 0.1) is 18.2 Å². The largest absolute Gasteiger partial charge is 0.363 e. The van der Waals surface area contributed by atoms with Crippen LogP contribution in [-0.4, -0.2) is 18.6 Å². The summed E-state index contributed by atoms with van der Waals surface area (Å²) in [5.74, 6) is 0.407. The number of hydrogen-bond acceptors (Lipinski definition) is 3. The third kappa shape index (κ3) is 1.12. The Morgan fingerprint density at radius 2 is 2.17 bits per heavy atom. The van der Waals surface area contributed by atoms with Crippen LogP contribution in [0.15, 0.2) is 5.16 Å². The minimum atomic E-state index is -0.0841. The lowest BCUT2D eigenvalue weighted by Gasteiger charge is -2.20. The van der Waals surface area contributed by atoms with Crippen molar-refractivity contribution >= 4 is 5.71 Å². The van der Waals surface area contributed by atoms with E-state index in [9.17, 15) is 0 Å². The van der Waals surface area contributed by atoms with Gasteiger partial charge in [-0.1, -0.05) is 25.9 Å². The highest BCUT2D eigenvalue weighted by atomic mass is 16.8. The minimum absolute atomic E-state index is 0.0841. The SMILES string of the molecule is CC(C)(C)C1=NOC2OCCC12. The number of rotatable bonds is 0. The summed E-state index contributed by atoms with van der Waals surface area (Å²) < 4.78 is 5.37. The summed E-state index contributed by atoms with van der Waals surface area (Å²) in [6.45, 7) is 7.30. The van der Waals surface area contributed by atoms with Gasteiger partial charge in [0.25, 0.3) is 0 Å². The topological polar surface area (TPSA) is 30.8 Å². The molecule has 3 nitrogen and oxygen atoms in total. The van der Waals surface area contributed by atoms with E-state index in [1.165, 1.54) is 0 Å². The average molecular weight is 169 g/mol. The van der Waals surface area contributed by atoms with Gasteiger partial charge >= 0.3 is 0 Å². The van der Waals surface area contributed by atoms with Crippen LogP contribution in [0.5, 0.6) is 0 Å². The number of hydrogen-bond donors (Lipinski definition) is 0. The first-order chi connectivity index (χ1) is 5.59. The van der Waals surface area contributed by atoms with E-state index < -0.39 is 0 Å². The summed E-state index contributed by atoms with van der Waals surface area (Å²) in [5.41, 5.74) is 1.28. The highest BCUT2D eigenvalue weighted by Crippen LogP contribution is 2.36. The maximum Gasteiger partial charge on any atom is 0.235 e. The standard InChI is InChI=1S/C9H15NO2/c1-9(2,3)7-6-4-5-11-8(6)12-10-7/h6,8H,4-5H2,1-3H3. The van der Waals surface area contributed by atoms with E-state index in [0.717, 1.165) is 18.7 Å². The molecule has 12 heavy (non-hydrogen) atoms. The summed E-state index contributed by atoms with van der Waals surface area (Å²) in [6, 6.07) is 0. The molecule has 2 aliphatic heterocycles. The summed E-state index contributed by atoms with van der Waals surface area (Å²) >= 11 is 0. The normalized spacial score (nSPS) is 34.4. The molecule has 0 amide bonds. The zero-order valence-electron chi connectivity index (χ0n) is 7.83. The van der Waals surface area contributed by atoms with Gasteiger partial charge in [-0.3, -0.25) is 0 Å². The number of ether oxygens (including phenoxy) is 1. The van der Waals surface area contributed by atoms with Crippen molar-refractivity contribution in [1.82, 2.24) is 0 Å². The fourth-order valence-electron chi connectivity index (χ4n) is 1.80. The fourth-order valence-corrected chi connectivity index (χ4v) is 1.80. The highest BCUT2D eigenvalue weighted by molar-refractivity contribution is 5.92. The van der Waals surface area contributed by atoms with E-state index in [0.29, 0.717) is 5.92 Å². The Balaban J connectivity index is 2.18. The molecule has 2 aliphatic rings. The molecule has 0 spiro atoms. The molecule has 2 heterocycles. The van der Waals surface area contributed by atoms with E-state index in [1.54, 1.807) is 0 Å². The minimum Gasteiger partial charge on any atom is -0.363 e. The average Bonchev–Trinajstić information content (AvgIpc) is 2.37. The first-order valence-corrected chi connectivity index (χ1v) is 4.45. The Morgan fingerprint density at radius 1 is 1.42 bits per heavy atom. The van der Waals surface area contributed by atoms with E-state index in [1.807, 2.05) is 0 Å². The first kappa shape index (κ1) is 8.05. The first-order valence-electron chi connectivity index (χ1n) is 4.45. The second kappa shape index (κ2) is 2.46. The van der Waals surface area contributed by atoms with E-state index in [4.69, 9.17) is 9.57 Å². The highest BCUT2D eigenvalue weighted by Gasteiger charge is 2.43. The molecule has 1 saturated heterocycles. The number of nitrogens with zero attached hydrogens (tertiary/aromatic N) is 1. The zero-order chi connectivity index (χ0) is 8.77. The molecule has 0 radical (unpaired) electrons. The molecule has 0 aromatic carbocycles. The Labute approximate surface area is 72.7 Å². The van der Waals surface area contributed by atoms with Crippen molar-refractivity contribution < 1.29 is 9.57 Å². The Hall–Kier alpha value is -0.570. The number of fused-ring (bicyclic) bond motifs is 1. The Morgan fingerprint density at radius 3 is 2.83 bits per heavy atom.